The number of likely N-dealkylation sites (tertiary alicyclic amines) is 1. The van der Waals surface area contributed by atoms with E-state index in [1.165, 1.54) is 12.0 Å². The molecule has 1 heterocycles. The van der Waals surface area contributed by atoms with E-state index in [1.54, 1.807) is 20.8 Å². The second-order valence-electron chi connectivity index (χ2n) is 11.7. The minimum absolute atomic E-state index is 0.276. The summed E-state index contributed by atoms with van der Waals surface area (Å²) in [5.41, 5.74) is -1.05. The van der Waals surface area contributed by atoms with Crippen LogP contribution in [0.5, 0.6) is 0 Å². The van der Waals surface area contributed by atoms with E-state index in [1.807, 2.05) is 0 Å². The van der Waals surface area contributed by atoms with Crippen molar-refractivity contribution in [1.82, 2.24) is 15.5 Å². The molecule has 0 aromatic heterocycles. The van der Waals surface area contributed by atoms with E-state index in [-0.39, 0.29) is 12.0 Å². The van der Waals surface area contributed by atoms with Crippen molar-refractivity contribution in [1.29, 1.82) is 0 Å². The molecule has 4 atom stereocenters. The minimum Gasteiger partial charge on any atom is -0.479 e. The average Bonchev–Trinajstić information content (AvgIpc) is 3.16. The lowest BCUT2D eigenvalue weighted by molar-refractivity contribution is -0.150. The first kappa shape index (κ1) is 30.7. The van der Waals surface area contributed by atoms with Gasteiger partial charge in [-0.1, -0.05) is 40.0 Å². The van der Waals surface area contributed by atoms with E-state index in [2.05, 4.69) is 15.4 Å². The summed E-state index contributed by atoms with van der Waals surface area (Å²) in [4.78, 5) is 52.1. The van der Waals surface area contributed by atoms with Crippen LogP contribution in [0.3, 0.4) is 0 Å². The van der Waals surface area contributed by atoms with Crippen molar-refractivity contribution in [3.8, 4) is 0 Å². The maximum atomic E-state index is 13.8. The molecule has 1 saturated carbocycles. The third kappa shape index (κ3) is 8.24. The first-order valence-electron chi connectivity index (χ1n) is 12.7. The summed E-state index contributed by atoms with van der Waals surface area (Å²) in [6.45, 7) is 6.23. The van der Waals surface area contributed by atoms with Crippen molar-refractivity contribution in [2.24, 2.45) is 10.8 Å². The number of methoxy groups -OCH3 is 1. The fraction of sp³-hybridized carbons (Fsp3) is 0.840. The van der Waals surface area contributed by atoms with Crippen LogP contribution in [0.25, 0.3) is 0 Å². The Morgan fingerprint density at radius 3 is 2.16 bits per heavy atom. The second-order valence-corrected chi connectivity index (χ2v) is 11.7. The predicted octanol–water partition coefficient (Wildman–Crippen LogP) is 2.67. The number of ether oxygens (including phenoxy) is 1. The van der Waals surface area contributed by atoms with Crippen LogP contribution >= 0.6 is 0 Å². The van der Waals surface area contributed by atoms with Crippen LogP contribution in [0.15, 0.2) is 0 Å². The predicted molar refractivity (Wildman–Crippen MR) is 130 cm³/mol. The van der Waals surface area contributed by atoms with Crippen LogP contribution in [-0.2, 0) is 19.1 Å². The van der Waals surface area contributed by atoms with Gasteiger partial charge in [0, 0.05) is 13.0 Å². The van der Waals surface area contributed by atoms with Gasteiger partial charge >= 0.3 is 12.1 Å². The van der Waals surface area contributed by atoms with E-state index in [0.717, 1.165) is 32.1 Å². The molecule has 0 aromatic carbocycles. The van der Waals surface area contributed by atoms with Gasteiger partial charge in [0.25, 0.3) is 0 Å². The third-order valence-corrected chi connectivity index (χ3v) is 7.42. The van der Waals surface area contributed by atoms with Gasteiger partial charge in [0.05, 0.1) is 13.2 Å². The number of hydrogen-bond acceptors (Lipinski definition) is 6. The van der Waals surface area contributed by atoms with E-state index in [0.29, 0.717) is 13.3 Å². The maximum absolute atomic E-state index is 13.8. The topological polar surface area (TPSA) is 145 Å². The van der Waals surface area contributed by atoms with Gasteiger partial charge in [-0.15, -0.1) is 0 Å². The quantitative estimate of drug-likeness (QED) is 0.357. The lowest BCUT2D eigenvalue weighted by atomic mass is 9.72. The number of carbonyl (C=O) groups is 4. The average molecular weight is 534 g/mol. The molecular weight excluding hydrogens is 492 g/mol. The van der Waals surface area contributed by atoms with Crippen LogP contribution in [-0.4, -0.2) is 82.8 Å². The largest absolute Gasteiger partial charge is 0.479 e. The number of hydrogen-bond donors (Lipinski definition) is 4. The maximum Gasteiger partial charge on any atom is 0.407 e. The molecule has 1 unspecified atom stereocenters. The number of nitrogens with one attached hydrogen (secondary N) is 2. The van der Waals surface area contributed by atoms with Crippen molar-refractivity contribution in [3.63, 3.8) is 0 Å². The van der Waals surface area contributed by atoms with Gasteiger partial charge < -0.3 is 30.5 Å². The molecule has 2 aliphatic rings. The fourth-order valence-corrected chi connectivity index (χ4v) is 5.35. The molecule has 0 bridgehead atoms. The van der Waals surface area contributed by atoms with Crippen molar-refractivity contribution in [2.45, 2.75) is 109 Å². The molecule has 1 spiro atoms. The monoisotopic (exact) mass is 533 g/mol. The number of aliphatic carboxylic acids is 1. The Hall–Kier alpha value is -2.50. The Morgan fingerprint density at radius 1 is 1.08 bits per heavy atom. The molecule has 12 heteroatoms. The molecule has 2 rings (SSSR count). The van der Waals surface area contributed by atoms with E-state index >= 15 is 0 Å². The van der Waals surface area contributed by atoms with Gasteiger partial charge in [0.15, 0.2) is 6.10 Å². The summed E-state index contributed by atoms with van der Waals surface area (Å²) < 4.78 is 31.7. The van der Waals surface area contributed by atoms with Crippen LogP contribution < -0.4 is 10.6 Å². The van der Waals surface area contributed by atoms with Crippen LogP contribution in [0, 0.1) is 10.8 Å². The van der Waals surface area contributed by atoms with Gasteiger partial charge in [0.1, 0.15) is 12.1 Å². The number of aliphatic hydroxyl groups excluding tert-OH is 1. The summed E-state index contributed by atoms with van der Waals surface area (Å²) in [7, 11) is 1.18. The second kappa shape index (κ2) is 11.9. The molecule has 0 radical (unpaired) electrons. The molecule has 10 nitrogen and oxygen atoms in total. The fourth-order valence-electron chi connectivity index (χ4n) is 5.35. The van der Waals surface area contributed by atoms with E-state index < -0.39 is 72.3 Å². The smallest absolute Gasteiger partial charge is 0.407 e. The van der Waals surface area contributed by atoms with Gasteiger partial charge in [-0.3, -0.25) is 9.59 Å². The number of aliphatic hydroxyl groups is 1. The summed E-state index contributed by atoms with van der Waals surface area (Å²) in [6.07, 6.45) is 0.727. The Morgan fingerprint density at radius 2 is 1.68 bits per heavy atom. The van der Waals surface area contributed by atoms with Crippen molar-refractivity contribution in [3.05, 3.63) is 0 Å². The normalized spacial score (nSPS) is 22.2. The first-order chi connectivity index (χ1) is 17.0. The number of alkyl halides is 2. The molecule has 4 N–H and O–H groups in total. The number of amides is 3. The lowest BCUT2D eigenvalue weighted by Crippen LogP contribution is -2.59. The zero-order valence-electron chi connectivity index (χ0n) is 22.3. The van der Waals surface area contributed by atoms with E-state index in [9.17, 15) is 38.2 Å². The highest BCUT2D eigenvalue weighted by molar-refractivity contribution is 5.93. The van der Waals surface area contributed by atoms with Gasteiger partial charge in [0.2, 0.25) is 17.7 Å². The van der Waals surface area contributed by atoms with Gasteiger partial charge in [-0.05, 0) is 43.4 Å². The molecule has 1 aliphatic carbocycles. The molecule has 1 aliphatic heterocycles. The number of carboxylic acids is 1. The Bertz CT molecular complexity index is 850. The highest BCUT2D eigenvalue weighted by atomic mass is 19.3. The Labute approximate surface area is 216 Å². The Kier molecular flexibility index (Phi) is 9.89. The van der Waals surface area contributed by atoms with Crippen LogP contribution in [0.2, 0.25) is 0 Å². The molecule has 37 heavy (non-hydrogen) atoms. The lowest BCUT2D eigenvalue weighted by Gasteiger charge is -2.36. The third-order valence-electron chi connectivity index (χ3n) is 7.42. The summed E-state index contributed by atoms with van der Waals surface area (Å²) in [5, 5.41) is 24.4. The molecule has 0 aromatic rings. The summed E-state index contributed by atoms with van der Waals surface area (Å²) in [6, 6.07) is -3.50. The summed E-state index contributed by atoms with van der Waals surface area (Å²) >= 11 is 0. The minimum atomic E-state index is -3.12. The molecule has 2 fully saturated rings. The molecule has 3 amide bonds. The number of rotatable bonds is 9. The highest BCUT2D eigenvalue weighted by Gasteiger charge is 2.51. The van der Waals surface area contributed by atoms with Crippen LogP contribution in [0.4, 0.5) is 13.6 Å². The van der Waals surface area contributed by atoms with Crippen molar-refractivity contribution in [2.75, 3.05) is 13.7 Å². The standard InChI is InChI=1S/C25H41F2N3O7/c1-23(2,3)18(29-22(36)37-5)20(33)30-14-25(10-7-6-8-11-25)13-16(30)19(32)28-15(17(31)21(34)35)9-12-24(4,26)27/h15-18,31H,6-14H2,1-5H3,(H,28,32)(H,29,36)(H,34,35)/t15-,16-,17?,18+/m0/s1. The molecule has 212 valence electrons. The van der Waals surface area contributed by atoms with Crippen molar-refractivity contribution >= 4 is 23.9 Å². The van der Waals surface area contributed by atoms with Crippen LogP contribution in [0.1, 0.15) is 79.1 Å². The van der Waals surface area contributed by atoms with Gasteiger partial charge in [-0.25, -0.2) is 18.4 Å². The highest BCUT2D eigenvalue weighted by Crippen LogP contribution is 2.47. The van der Waals surface area contributed by atoms with E-state index in [4.69, 9.17) is 0 Å². The van der Waals surface area contributed by atoms with Crippen molar-refractivity contribution < 1.29 is 42.9 Å². The number of halogens is 2. The zero-order valence-corrected chi connectivity index (χ0v) is 22.3. The molecule has 1 saturated heterocycles. The molecular formula is C25H41F2N3O7. The number of carbonyl (C=O) groups excluding carboxylic acids is 3. The first-order valence-corrected chi connectivity index (χ1v) is 12.7. The number of nitrogens with zero attached hydrogens (tertiary/aromatic N) is 1. The zero-order chi connectivity index (χ0) is 28.2. The Balaban J connectivity index is 2.36. The SMILES string of the molecule is COC(=O)N[C@H](C(=O)N1CC2(CCCCC2)C[C@H]1C(=O)N[C@@H](CCC(C)(F)F)C(O)C(=O)O)C(C)(C)C. The summed E-state index contributed by atoms with van der Waals surface area (Å²) in [5.74, 6) is -5.98. The van der Waals surface area contributed by atoms with Gasteiger partial charge in [-0.2, -0.15) is 0 Å². The number of carboxylic acid groups (broad SMARTS) is 1. The number of alkyl carbamates (subject to hydrolysis) is 1.